The van der Waals surface area contributed by atoms with E-state index >= 15 is 0 Å². The van der Waals surface area contributed by atoms with Crippen LogP contribution in [0.5, 0.6) is 11.5 Å². The maximum absolute atomic E-state index is 13.0. The fourth-order valence-electron chi connectivity index (χ4n) is 4.50. The van der Waals surface area contributed by atoms with E-state index in [0.29, 0.717) is 29.3 Å². The summed E-state index contributed by atoms with van der Waals surface area (Å²) in [4.78, 5) is 32.6. The Labute approximate surface area is 207 Å². The summed E-state index contributed by atoms with van der Waals surface area (Å²) in [6.07, 6.45) is 5.48. The molecule has 0 aliphatic carbocycles. The monoisotopic (exact) mass is 492 g/mol. The number of rotatable bonds is 6. The van der Waals surface area contributed by atoms with Gasteiger partial charge in [-0.1, -0.05) is 0 Å². The average Bonchev–Trinajstić information content (AvgIpc) is 3.45. The average molecular weight is 493 g/mol. The fraction of sp³-hybridized carbons (Fsp3) is 0.346. The van der Waals surface area contributed by atoms with Crippen LogP contribution in [0.15, 0.2) is 42.6 Å². The van der Waals surface area contributed by atoms with E-state index in [2.05, 4.69) is 10.3 Å². The molecule has 3 aromatic heterocycles. The lowest BCUT2D eigenvalue weighted by atomic mass is 10.1. The van der Waals surface area contributed by atoms with Crippen LogP contribution in [-0.4, -0.2) is 57.7 Å². The smallest absolute Gasteiger partial charge is 0.326 e. The van der Waals surface area contributed by atoms with Gasteiger partial charge in [-0.2, -0.15) is 0 Å². The minimum absolute atomic E-state index is 0.0345. The molecule has 1 fully saturated rings. The van der Waals surface area contributed by atoms with Crippen LogP contribution in [0.3, 0.4) is 0 Å². The van der Waals surface area contributed by atoms with Gasteiger partial charge >= 0.3 is 6.03 Å². The van der Waals surface area contributed by atoms with E-state index < -0.39 is 0 Å². The largest absolute Gasteiger partial charge is 0.456 e. The van der Waals surface area contributed by atoms with Crippen molar-refractivity contribution in [3.8, 4) is 11.5 Å². The minimum Gasteiger partial charge on any atom is -0.456 e. The Morgan fingerprint density at radius 2 is 1.97 bits per heavy atom. The number of carbonyl (C=O) groups excluding carboxylic acids is 2. The van der Waals surface area contributed by atoms with Gasteiger partial charge in [-0.3, -0.25) is 14.3 Å². The van der Waals surface area contributed by atoms with Crippen molar-refractivity contribution in [3.63, 3.8) is 0 Å². The van der Waals surface area contributed by atoms with E-state index in [1.54, 1.807) is 10.8 Å². The second-order valence-corrected chi connectivity index (χ2v) is 9.79. The summed E-state index contributed by atoms with van der Waals surface area (Å²) in [6.45, 7) is 3.94. The number of aliphatic hydroxyl groups is 1. The second-order valence-electron chi connectivity index (χ2n) is 8.74. The second kappa shape index (κ2) is 10.1. The fourth-order valence-corrected chi connectivity index (χ4v) is 5.53. The molecule has 9 heteroatoms. The molecule has 4 heterocycles. The highest BCUT2D eigenvalue weighted by atomic mass is 32.1. The molecule has 2 amide bonds. The Balaban J connectivity index is 1.40. The number of carbonyl (C=O) groups is 2. The highest BCUT2D eigenvalue weighted by Crippen LogP contribution is 2.36. The van der Waals surface area contributed by atoms with Gasteiger partial charge in [0.25, 0.3) is 5.91 Å². The molecule has 182 valence electrons. The molecule has 1 saturated heterocycles. The van der Waals surface area contributed by atoms with Crippen molar-refractivity contribution in [2.75, 3.05) is 26.2 Å². The van der Waals surface area contributed by atoms with Crippen molar-refractivity contribution in [1.82, 2.24) is 19.8 Å². The van der Waals surface area contributed by atoms with Gasteiger partial charge in [0.05, 0.1) is 20.6 Å². The number of nitrogens with one attached hydrogen (secondary N) is 1. The Morgan fingerprint density at radius 1 is 1.14 bits per heavy atom. The van der Waals surface area contributed by atoms with Gasteiger partial charge in [0.1, 0.15) is 11.5 Å². The third-order valence-corrected chi connectivity index (χ3v) is 7.36. The van der Waals surface area contributed by atoms with Crippen LogP contribution in [0.2, 0.25) is 0 Å². The first kappa shape index (κ1) is 23.3. The van der Waals surface area contributed by atoms with E-state index in [4.69, 9.17) is 9.84 Å². The summed E-state index contributed by atoms with van der Waals surface area (Å²) >= 11 is 1.41. The topological polar surface area (TPSA) is 96.7 Å². The van der Waals surface area contributed by atoms with Crippen molar-refractivity contribution in [3.05, 3.63) is 53.2 Å². The molecule has 1 aromatic carbocycles. The van der Waals surface area contributed by atoms with E-state index in [1.165, 1.54) is 17.8 Å². The standard InChI is InChI=1S/C26H28N4O4S/c1-17-14-18-15-19(6-7-21(18)30(17)26(33)28-9-5-13-31)34-22-8-10-27-20-16-23(35-24(20)22)25(32)29-11-3-2-4-12-29/h6-8,10,14-16,31H,2-5,9,11-13H2,1H3,(H,28,33). The SMILES string of the molecule is Cc1cc2cc(Oc3ccnc4cc(C(=O)N5CCCCC5)sc34)ccc2n1C(=O)NCCCO. The van der Waals surface area contributed by atoms with Crippen molar-refractivity contribution >= 4 is 44.4 Å². The molecule has 0 atom stereocenters. The summed E-state index contributed by atoms with van der Waals surface area (Å²) in [5.41, 5.74) is 2.33. The molecule has 8 nitrogen and oxygen atoms in total. The zero-order valence-corrected chi connectivity index (χ0v) is 20.4. The first-order chi connectivity index (χ1) is 17.0. The number of pyridine rings is 1. The number of hydrogen-bond acceptors (Lipinski definition) is 6. The molecule has 4 aromatic rings. The third kappa shape index (κ3) is 4.74. The highest BCUT2D eigenvalue weighted by Gasteiger charge is 2.22. The predicted octanol–water partition coefficient (Wildman–Crippen LogP) is 4.92. The van der Waals surface area contributed by atoms with Crippen LogP contribution in [0.25, 0.3) is 21.1 Å². The molecule has 0 saturated carbocycles. The van der Waals surface area contributed by atoms with E-state index in [1.807, 2.05) is 48.2 Å². The van der Waals surface area contributed by atoms with Gasteiger partial charge in [0.15, 0.2) is 0 Å². The van der Waals surface area contributed by atoms with E-state index in [-0.39, 0.29) is 18.5 Å². The van der Waals surface area contributed by atoms with Gasteiger partial charge in [0.2, 0.25) is 0 Å². The van der Waals surface area contributed by atoms with Crippen LogP contribution >= 0.6 is 11.3 Å². The summed E-state index contributed by atoms with van der Waals surface area (Å²) in [5, 5.41) is 12.7. The Hall–Kier alpha value is -3.43. The molecule has 0 radical (unpaired) electrons. The van der Waals surface area contributed by atoms with Crippen molar-refractivity contribution < 1.29 is 19.4 Å². The van der Waals surface area contributed by atoms with Crippen LogP contribution in [0.4, 0.5) is 4.79 Å². The lowest BCUT2D eigenvalue weighted by Crippen LogP contribution is -2.35. The van der Waals surface area contributed by atoms with Crippen LogP contribution in [-0.2, 0) is 0 Å². The lowest BCUT2D eigenvalue weighted by molar-refractivity contribution is 0.0729. The number of piperidine rings is 1. The first-order valence-corrected chi connectivity index (χ1v) is 12.7. The van der Waals surface area contributed by atoms with Gasteiger partial charge in [-0.05, 0) is 62.9 Å². The number of benzene rings is 1. The van der Waals surface area contributed by atoms with Gasteiger partial charge < -0.3 is 20.1 Å². The van der Waals surface area contributed by atoms with Crippen molar-refractivity contribution in [1.29, 1.82) is 0 Å². The molecule has 35 heavy (non-hydrogen) atoms. The molecular weight excluding hydrogens is 464 g/mol. The maximum Gasteiger partial charge on any atom is 0.326 e. The summed E-state index contributed by atoms with van der Waals surface area (Å²) in [5.74, 6) is 1.35. The Kier molecular flexibility index (Phi) is 6.70. The number of ether oxygens (including phenoxy) is 1. The molecule has 5 rings (SSSR count). The van der Waals surface area contributed by atoms with Gasteiger partial charge in [-0.15, -0.1) is 11.3 Å². The zero-order valence-electron chi connectivity index (χ0n) is 19.6. The number of amides is 2. The number of fused-ring (bicyclic) bond motifs is 2. The molecule has 0 unspecified atom stereocenters. The summed E-state index contributed by atoms with van der Waals surface area (Å²) in [7, 11) is 0. The quantitative estimate of drug-likeness (QED) is 0.373. The number of aryl methyl sites for hydroxylation is 1. The summed E-state index contributed by atoms with van der Waals surface area (Å²) < 4.78 is 8.70. The van der Waals surface area contributed by atoms with Crippen molar-refractivity contribution in [2.45, 2.75) is 32.6 Å². The number of thiophene rings is 1. The predicted molar refractivity (Wildman–Crippen MR) is 137 cm³/mol. The van der Waals surface area contributed by atoms with Crippen molar-refractivity contribution in [2.24, 2.45) is 0 Å². The number of hydrogen-bond donors (Lipinski definition) is 2. The number of aliphatic hydroxyl groups excluding tert-OH is 1. The lowest BCUT2D eigenvalue weighted by Gasteiger charge is -2.26. The molecule has 0 bridgehead atoms. The van der Waals surface area contributed by atoms with Crippen LogP contribution < -0.4 is 10.1 Å². The third-order valence-electron chi connectivity index (χ3n) is 6.23. The van der Waals surface area contributed by atoms with Gasteiger partial charge in [-0.25, -0.2) is 4.79 Å². The zero-order chi connectivity index (χ0) is 24.4. The number of likely N-dealkylation sites (tertiary alicyclic amines) is 1. The Morgan fingerprint density at radius 3 is 2.77 bits per heavy atom. The van der Waals surface area contributed by atoms with E-state index in [9.17, 15) is 9.59 Å². The highest BCUT2D eigenvalue weighted by molar-refractivity contribution is 7.21. The maximum atomic E-state index is 13.0. The molecule has 1 aliphatic rings. The minimum atomic E-state index is -0.222. The molecule has 1 aliphatic heterocycles. The normalized spacial score (nSPS) is 13.9. The first-order valence-electron chi connectivity index (χ1n) is 11.9. The number of aromatic nitrogens is 2. The molecule has 0 spiro atoms. The van der Waals surface area contributed by atoms with E-state index in [0.717, 1.165) is 52.7 Å². The molecule has 2 N–H and O–H groups in total. The van der Waals surface area contributed by atoms with Crippen LogP contribution in [0.1, 0.15) is 41.0 Å². The molecular formula is C26H28N4O4S. The number of nitrogens with zero attached hydrogens (tertiary/aromatic N) is 3. The Bertz CT molecular complexity index is 1390. The van der Waals surface area contributed by atoms with Gasteiger partial charge in [0, 0.05) is 49.6 Å². The summed E-state index contributed by atoms with van der Waals surface area (Å²) in [6, 6.07) is 11.0. The van der Waals surface area contributed by atoms with Crippen LogP contribution in [0, 0.1) is 6.92 Å².